The van der Waals surface area contributed by atoms with Crippen LogP contribution >= 0.6 is 0 Å². The molecule has 1 atom stereocenters. The molecule has 0 bridgehead atoms. The van der Waals surface area contributed by atoms with Gasteiger partial charge in [0, 0.05) is 23.9 Å². The van der Waals surface area contributed by atoms with Crippen molar-refractivity contribution < 1.29 is 8.78 Å². The van der Waals surface area contributed by atoms with E-state index in [1.54, 1.807) is 24.5 Å². The van der Waals surface area contributed by atoms with Crippen molar-refractivity contribution in [3.8, 4) is 0 Å². The average Bonchev–Trinajstić information content (AvgIpc) is 2.45. The first-order valence-electron chi connectivity index (χ1n) is 6.44. The van der Waals surface area contributed by atoms with Crippen LogP contribution in [0.2, 0.25) is 0 Å². The van der Waals surface area contributed by atoms with Gasteiger partial charge in [0.1, 0.15) is 5.82 Å². The SMILES string of the molecule is CCCCC(c1ncccn1)c1cccc(F)c1F. The Bertz CT molecular complexity index is 529. The summed E-state index contributed by atoms with van der Waals surface area (Å²) in [6.07, 6.45) is 5.86. The maximum Gasteiger partial charge on any atom is 0.162 e. The summed E-state index contributed by atoms with van der Waals surface area (Å²) in [4.78, 5) is 8.36. The second-order valence-electron chi connectivity index (χ2n) is 4.44. The van der Waals surface area contributed by atoms with E-state index in [2.05, 4.69) is 16.9 Å². The van der Waals surface area contributed by atoms with Gasteiger partial charge in [-0.25, -0.2) is 18.7 Å². The largest absolute Gasteiger partial charge is 0.241 e. The minimum Gasteiger partial charge on any atom is -0.241 e. The zero-order valence-corrected chi connectivity index (χ0v) is 10.8. The van der Waals surface area contributed by atoms with Crippen LogP contribution in [0.5, 0.6) is 0 Å². The normalized spacial score (nSPS) is 12.4. The van der Waals surface area contributed by atoms with Gasteiger partial charge < -0.3 is 0 Å². The number of benzene rings is 1. The van der Waals surface area contributed by atoms with E-state index < -0.39 is 11.6 Å². The Hall–Kier alpha value is -1.84. The molecule has 100 valence electrons. The van der Waals surface area contributed by atoms with Crippen LogP contribution in [-0.4, -0.2) is 9.97 Å². The number of nitrogens with zero attached hydrogens (tertiary/aromatic N) is 2. The summed E-state index contributed by atoms with van der Waals surface area (Å²) in [6.45, 7) is 2.06. The number of hydrogen-bond donors (Lipinski definition) is 0. The lowest BCUT2D eigenvalue weighted by Gasteiger charge is -2.16. The molecule has 0 saturated heterocycles. The van der Waals surface area contributed by atoms with Gasteiger partial charge in [0.2, 0.25) is 0 Å². The summed E-state index contributed by atoms with van der Waals surface area (Å²) in [5.41, 5.74) is 0.333. The van der Waals surface area contributed by atoms with E-state index in [1.165, 1.54) is 6.07 Å². The van der Waals surface area contributed by atoms with Gasteiger partial charge in [-0.05, 0) is 18.6 Å². The molecule has 0 aliphatic rings. The topological polar surface area (TPSA) is 25.8 Å². The molecule has 1 unspecified atom stereocenters. The summed E-state index contributed by atoms with van der Waals surface area (Å²) >= 11 is 0. The zero-order valence-electron chi connectivity index (χ0n) is 10.8. The number of rotatable bonds is 5. The Morgan fingerprint density at radius 3 is 2.53 bits per heavy atom. The minimum absolute atomic E-state index is 0.295. The molecule has 0 fully saturated rings. The molecule has 1 aromatic heterocycles. The molecular formula is C15H16F2N2. The molecule has 2 rings (SSSR count). The molecule has 19 heavy (non-hydrogen) atoms. The Balaban J connectivity index is 2.40. The van der Waals surface area contributed by atoms with Gasteiger partial charge in [0.15, 0.2) is 11.6 Å². The molecule has 0 radical (unpaired) electrons. The van der Waals surface area contributed by atoms with Crippen LogP contribution < -0.4 is 0 Å². The van der Waals surface area contributed by atoms with Gasteiger partial charge in [-0.1, -0.05) is 31.9 Å². The van der Waals surface area contributed by atoms with Gasteiger partial charge in [0.25, 0.3) is 0 Å². The average molecular weight is 262 g/mol. The maximum absolute atomic E-state index is 13.9. The van der Waals surface area contributed by atoms with Crippen molar-refractivity contribution in [2.24, 2.45) is 0 Å². The molecule has 0 amide bonds. The lowest BCUT2D eigenvalue weighted by atomic mass is 9.92. The van der Waals surface area contributed by atoms with Gasteiger partial charge in [-0.3, -0.25) is 0 Å². The highest BCUT2D eigenvalue weighted by atomic mass is 19.2. The number of halogens is 2. The monoisotopic (exact) mass is 262 g/mol. The minimum atomic E-state index is -0.824. The third kappa shape index (κ3) is 3.13. The van der Waals surface area contributed by atoms with Crippen molar-refractivity contribution in [3.63, 3.8) is 0 Å². The summed E-state index contributed by atoms with van der Waals surface area (Å²) < 4.78 is 27.3. The van der Waals surface area contributed by atoms with Crippen LogP contribution in [0.4, 0.5) is 8.78 Å². The zero-order chi connectivity index (χ0) is 13.7. The smallest absolute Gasteiger partial charge is 0.162 e. The van der Waals surface area contributed by atoms with Crippen LogP contribution in [0.1, 0.15) is 43.5 Å². The van der Waals surface area contributed by atoms with Crippen molar-refractivity contribution in [1.82, 2.24) is 9.97 Å². The lowest BCUT2D eigenvalue weighted by Crippen LogP contribution is -2.09. The first-order chi connectivity index (χ1) is 9.24. The number of aromatic nitrogens is 2. The fourth-order valence-corrected chi connectivity index (χ4v) is 2.11. The van der Waals surface area contributed by atoms with Crippen LogP contribution in [0, 0.1) is 11.6 Å². The van der Waals surface area contributed by atoms with Crippen LogP contribution in [-0.2, 0) is 0 Å². The first-order valence-corrected chi connectivity index (χ1v) is 6.44. The van der Waals surface area contributed by atoms with Gasteiger partial charge >= 0.3 is 0 Å². The van der Waals surface area contributed by atoms with Gasteiger partial charge in [-0.15, -0.1) is 0 Å². The summed E-state index contributed by atoms with van der Waals surface area (Å²) in [5, 5.41) is 0. The molecule has 4 heteroatoms. The molecular weight excluding hydrogens is 246 g/mol. The Morgan fingerprint density at radius 1 is 1.11 bits per heavy atom. The lowest BCUT2D eigenvalue weighted by molar-refractivity contribution is 0.485. The quantitative estimate of drug-likeness (QED) is 0.811. The predicted octanol–water partition coefficient (Wildman–Crippen LogP) is 4.08. The van der Waals surface area contributed by atoms with E-state index in [4.69, 9.17) is 0 Å². The highest BCUT2D eigenvalue weighted by molar-refractivity contribution is 5.27. The van der Waals surface area contributed by atoms with Crippen LogP contribution in [0.15, 0.2) is 36.7 Å². The Labute approximate surface area is 111 Å². The van der Waals surface area contributed by atoms with E-state index in [0.717, 1.165) is 18.9 Å². The highest BCUT2D eigenvalue weighted by Crippen LogP contribution is 2.29. The predicted molar refractivity (Wildman–Crippen MR) is 69.8 cm³/mol. The standard InChI is InChI=1S/C15H16F2N2/c1-2-3-6-12(15-18-9-5-10-19-15)11-7-4-8-13(16)14(11)17/h4-5,7-10,12H,2-3,6H2,1H3. The van der Waals surface area contributed by atoms with E-state index >= 15 is 0 Å². The van der Waals surface area contributed by atoms with E-state index in [1.807, 2.05) is 0 Å². The van der Waals surface area contributed by atoms with Crippen molar-refractivity contribution >= 4 is 0 Å². The third-order valence-electron chi connectivity index (χ3n) is 3.10. The molecule has 1 aromatic carbocycles. The van der Waals surface area contributed by atoms with Crippen molar-refractivity contribution in [3.05, 3.63) is 59.7 Å². The molecule has 2 aromatic rings. The Kier molecular flexibility index (Phi) is 4.55. The fraction of sp³-hybridized carbons (Fsp3) is 0.333. The molecule has 0 saturated carbocycles. The second-order valence-corrected chi connectivity index (χ2v) is 4.44. The molecule has 0 N–H and O–H groups in total. The van der Waals surface area contributed by atoms with E-state index in [9.17, 15) is 8.78 Å². The van der Waals surface area contributed by atoms with Crippen LogP contribution in [0.25, 0.3) is 0 Å². The maximum atomic E-state index is 13.9. The fourth-order valence-electron chi connectivity index (χ4n) is 2.11. The van der Waals surface area contributed by atoms with Gasteiger partial charge in [-0.2, -0.15) is 0 Å². The van der Waals surface area contributed by atoms with Crippen molar-refractivity contribution in [2.75, 3.05) is 0 Å². The highest BCUT2D eigenvalue weighted by Gasteiger charge is 2.21. The second kappa shape index (κ2) is 6.36. The summed E-state index contributed by atoms with van der Waals surface area (Å²) in [6, 6.07) is 5.97. The molecule has 0 spiro atoms. The van der Waals surface area contributed by atoms with E-state index in [0.29, 0.717) is 17.8 Å². The van der Waals surface area contributed by atoms with Gasteiger partial charge in [0.05, 0.1) is 0 Å². The molecule has 2 nitrogen and oxygen atoms in total. The van der Waals surface area contributed by atoms with E-state index in [-0.39, 0.29) is 5.92 Å². The number of unbranched alkanes of at least 4 members (excludes halogenated alkanes) is 1. The molecule has 0 aliphatic heterocycles. The first kappa shape index (κ1) is 13.6. The summed E-state index contributed by atoms with van der Waals surface area (Å²) in [5.74, 6) is -1.37. The molecule has 1 heterocycles. The van der Waals surface area contributed by atoms with Crippen molar-refractivity contribution in [2.45, 2.75) is 32.1 Å². The van der Waals surface area contributed by atoms with Crippen molar-refractivity contribution in [1.29, 1.82) is 0 Å². The van der Waals surface area contributed by atoms with Crippen LogP contribution in [0.3, 0.4) is 0 Å². The summed E-state index contributed by atoms with van der Waals surface area (Å²) in [7, 11) is 0. The Morgan fingerprint density at radius 2 is 1.84 bits per heavy atom. The molecule has 0 aliphatic carbocycles. The third-order valence-corrected chi connectivity index (χ3v) is 3.10. The number of hydrogen-bond acceptors (Lipinski definition) is 2.